The maximum atomic E-state index is 13.5. The first-order valence-electron chi connectivity index (χ1n) is 12.0. The van der Waals surface area contributed by atoms with E-state index in [-0.39, 0.29) is 24.3 Å². The van der Waals surface area contributed by atoms with Crippen LogP contribution in [-0.2, 0) is 22.6 Å². The highest BCUT2D eigenvalue weighted by molar-refractivity contribution is 5.88. The summed E-state index contributed by atoms with van der Waals surface area (Å²) < 4.78 is 5.82. The number of nitrogens with one attached hydrogen (secondary N) is 1. The first-order valence-corrected chi connectivity index (χ1v) is 12.0. The Morgan fingerprint density at radius 3 is 2.44 bits per heavy atom. The molecule has 1 aromatic heterocycles. The van der Waals surface area contributed by atoms with E-state index in [9.17, 15) is 9.59 Å². The van der Waals surface area contributed by atoms with E-state index in [4.69, 9.17) is 4.42 Å². The molecule has 0 aliphatic rings. The van der Waals surface area contributed by atoms with Crippen LogP contribution >= 0.6 is 0 Å². The van der Waals surface area contributed by atoms with Crippen LogP contribution in [0.2, 0.25) is 0 Å². The topological polar surface area (TPSA) is 88.3 Å². The number of benzene rings is 3. The summed E-state index contributed by atoms with van der Waals surface area (Å²) in [5.41, 5.74) is 4.68. The highest BCUT2D eigenvalue weighted by Gasteiger charge is 2.23. The second kappa shape index (κ2) is 11.4. The summed E-state index contributed by atoms with van der Waals surface area (Å²) in [6.07, 6.45) is 0.583. The van der Waals surface area contributed by atoms with Gasteiger partial charge in [-0.15, -0.1) is 10.2 Å². The van der Waals surface area contributed by atoms with Gasteiger partial charge in [0, 0.05) is 37.6 Å². The van der Waals surface area contributed by atoms with E-state index in [2.05, 4.69) is 15.5 Å². The van der Waals surface area contributed by atoms with Crippen molar-refractivity contribution in [1.82, 2.24) is 15.1 Å². The Hall–Kier alpha value is -4.26. The zero-order valence-corrected chi connectivity index (χ0v) is 20.8. The zero-order valence-electron chi connectivity index (χ0n) is 20.8. The van der Waals surface area contributed by atoms with Crippen molar-refractivity contribution in [3.63, 3.8) is 0 Å². The maximum absolute atomic E-state index is 13.5. The number of rotatable bonds is 9. The summed E-state index contributed by atoms with van der Waals surface area (Å²) >= 11 is 0. The van der Waals surface area contributed by atoms with Crippen LogP contribution < -0.4 is 5.32 Å². The maximum Gasteiger partial charge on any atom is 0.247 e. The number of hydrogen-bond acceptors (Lipinski definition) is 5. The lowest BCUT2D eigenvalue weighted by Crippen LogP contribution is -2.33. The SMILES string of the molecule is CC(=O)Nc1cccc(C(C)N(Cc2ccccc2)C(=O)CCc2nnc(-c3ccc(C)cc3)o2)c1. The Morgan fingerprint density at radius 1 is 0.972 bits per heavy atom. The van der Waals surface area contributed by atoms with Crippen LogP contribution in [0.15, 0.2) is 83.3 Å². The molecule has 4 rings (SSSR count). The van der Waals surface area contributed by atoms with Crippen LogP contribution in [-0.4, -0.2) is 26.9 Å². The molecule has 0 aliphatic carbocycles. The quantitative estimate of drug-likeness (QED) is 0.329. The van der Waals surface area contributed by atoms with E-state index in [0.717, 1.165) is 22.3 Å². The van der Waals surface area contributed by atoms with Gasteiger partial charge in [0.15, 0.2) is 0 Å². The summed E-state index contributed by atoms with van der Waals surface area (Å²) in [4.78, 5) is 26.8. The predicted molar refractivity (Wildman–Crippen MR) is 139 cm³/mol. The van der Waals surface area contributed by atoms with Gasteiger partial charge in [0.2, 0.25) is 23.6 Å². The molecule has 0 radical (unpaired) electrons. The number of nitrogens with zero attached hydrogens (tertiary/aromatic N) is 3. The molecule has 1 unspecified atom stereocenters. The van der Waals surface area contributed by atoms with Gasteiger partial charge in [0.1, 0.15) is 0 Å². The molecular weight excluding hydrogens is 452 g/mol. The number of hydrogen-bond donors (Lipinski definition) is 1. The number of carbonyl (C=O) groups excluding carboxylic acids is 2. The van der Waals surface area contributed by atoms with Crippen molar-refractivity contribution in [2.24, 2.45) is 0 Å². The zero-order chi connectivity index (χ0) is 25.5. The first kappa shape index (κ1) is 24.9. The van der Waals surface area contributed by atoms with Gasteiger partial charge in [-0.05, 0) is 49.2 Å². The Labute approximate surface area is 211 Å². The molecule has 7 nitrogen and oxygen atoms in total. The van der Waals surface area contributed by atoms with Gasteiger partial charge in [-0.25, -0.2) is 0 Å². The van der Waals surface area contributed by atoms with Crippen molar-refractivity contribution in [3.8, 4) is 11.5 Å². The van der Waals surface area contributed by atoms with Crippen LogP contribution in [0.1, 0.15) is 48.9 Å². The van der Waals surface area contributed by atoms with Gasteiger partial charge >= 0.3 is 0 Å². The summed E-state index contributed by atoms with van der Waals surface area (Å²) in [6, 6.07) is 25.1. The van der Waals surface area contributed by atoms with Crippen LogP contribution in [0.3, 0.4) is 0 Å². The Kier molecular flexibility index (Phi) is 7.90. The number of carbonyl (C=O) groups is 2. The highest BCUT2D eigenvalue weighted by atomic mass is 16.4. The molecule has 0 aliphatic heterocycles. The van der Waals surface area contributed by atoms with Gasteiger partial charge in [-0.1, -0.05) is 60.2 Å². The second-order valence-electron chi connectivity index (χ2n) is 8.86. The summed E-state index contributed by atoms with van der Waals surface area (Å²) in [5, 5.41) is 11.1. The lowest BCUT2D eigenvalue weighted by atomic mass is 10.0. The Bertz CT molecular complexity index is 1320. The van der Waals surface area contributed by atoms with Gasteiger partial charge in [-0.3, -0.25) is 9.59 Å². The average molecular weight is 483 g/mol. The minimum atomic E-state index is -0.211. The minimum absolute atomic E-state index is 0.0219. The van der Waals surface area contributed by atoms with E-state index in [1.165, 1.54) is 6.92 Å². The molecule has 1 N–H and O–H groups in total. The molecule has 184 valence electrons. The van der Waals surface area contributed by atoms with Crippen molar-refractivity contribution in [3.05, 3.63) is 101 Å². The van der Waals surface area contributed by atoms with Crippen LogP contribution in [0.25, 0.3) is 11.5 Å². The average Bonchev–Trinajstić information content (AvgIpc) is 3.35. The molecule has 1 heterocycles. The van der Waals surface area contributed by atoms with E-state index in [0.29, 0.717) is 30.4 Å². The lowest BCUT2D eigenvalue weighted by molar-refractivity contribution is -0.134. The smallest absolute Gasteiger partial charge is 0.247 e. The number of anilines is 1. The third kappa shape index (κ3) is 6.44. The van der Waals surface area contributed by atoms with Crippen LogP contribution in [0.5, 0.6) is 0 Å². The highest BCUT2D eigenvalue weighted by Crippen LogP contribution is 2.26. The number of aromatic nitrogens is 2. The fourth-order valence-electron chi connectivity index (χ4n) is 4.01. The molecule has 7 heteroatoms. The molecule has 0 spiro atoms. The summed E-state index contributed by atoms with van der Waals surface area (Å²) in [7, 11) is 0. The lowest BCUT2D eigenvalue weighted by Gasteiger charge is -2.30. The molecule has 0 fully saturated rings. The molecule has 4 aromatic rings. The first-order chi connectivity index (χ1) is 17.4. The number of amides is 2. The van der Waals surface area contributed by atoms with Crippen molar-refractivity contribution < 1.29 is 14.0 Å². The Morgan fingerprint density at radius 2 is 1.72 bits per heavy atom. The molecule has 2 amide bonds. The van der Waals surface area contributed by atoms with Gasteiger partial charge < -0.3 is 14.6 Å². The molecule has 36 heavy (non-hydrogen) atoms. The fourth-order valence-corrected chi connectivity index (χ4v) is 4.01. The van der Waals surface area contributed by atoms with E-state index in [1.54, 1.807) is 0 Å². The normalized spacial score (nSPS) is 11.6. The van der Waals surface area contributed by atoms with Gasteiger partial charge in [0.05, 0.1) is 6.04 Å². The summed E-state index contributed by atoms with van der Waals surface area (Å²) in [6.45, 7) is 5.95. The van der Waals surface area contributed by atoms with E-state index in [1.807, 2.05) is 97.6 Å². The van der Waals surface area contributed by atoms with Crippen LogP contribution in [0.4, 0.5) is 5.69 Å². The van der Waals surface area contributed by atoms with Crippen molar-refractivity contribution >= 4 is 17.5 Å². The third-order valence-corrected chi connectivity index (χ3v) is 5.99. The second-order valence-corrected chi connectivity index (χ2v) is 8.86. The number of aryl methyl sites for hydroxylation is 2. The molecular formula is C29H30N4O3. The van der Waals surface area contributed by atoms with Gasteiger partial charge in [0.25, 0.3) is 0 Å². The predicted octanol–water partition coefficient (Wildman–Crippen LogP) is 5.73. The monoisotopic (exact) mass is 482 g/mol. The molecule has 0 saturated carbocycles. The molecule has 3 aromatic carbocycles. The third-order valence-electron chi connectivity index (χ3n) is 5.99. The molecule has 0 bridgehead atoms. The van der Waals surface area contributed by atoms with Gasteiger partial charge in [-0.2, -0.15) is 0 Å². The van der Waals surface area contributed by atoms with E-state index >= 15 is 0 Å². The Balaban J connectivity index is 1.50. The van der Waals surface area contributed by atoms with Crippen molar-refractivity contribution in [2.45, 2.75) is 46.2 Å². The van der Waals surface area contributed by atoms with Crippen LogP contribution in [0, 0.1) is 6.92 Å². The largest absolute Gasteiger partial charge is 0.421 e. The molecule has 0 saturated heterocycles. The standard InChI is InChI=1S/C29H30N4O3/c1-20-12-14-24(15-13-20)29-32-31-27(36-29)16-17-28(35)33(19-23-8-5-4-6-9-23)21(2)25-10-7-11-26(18-25)30-22(3)34/h4-15,18,21H,16-17,19H2,1-3H3,(H,30,34). The minimum Gasteiger partial charge on any atom is -0.421 e. The van der Waals surface area contributed by atoms with E-state index < -0.39 is 0 Å². The van der Waals surface area contributed by atoms with Crippen molar-refractivity contribution in [1.29, 1.82) is 0 Å². The van der Waals surface area contributed by atoms with Crippen molar-refractivity contribution in [2.75, 3.05) is 5.32 Å². The molecule has 1 atom stereocenters. The fraction of sp³-hybridized carbons (Fsp3) is 0.241. The summed E-state index contributed by atoms with van der Waals surface area (Å²) in [5.74, 6) is 0.716.